The van der Waals surface area contributed by atoms with Crippen molar-refractivity contribution < 1.29 is 0 Å². The van der Waals surface area contributed by atoms with E-state index in [1.807, 2.05) is 11.8 Å². The molecule has 3 heteroatoms. The molecule has 0 aliphatic carbocycles. The molecule has 13 heavy (non-hydrogen) atoms. The van der Waals surface area contributed by atoms with Gasteiger partial charge in [0.05, 0.1) is 11.6 Å². The Hall–Kier alpha value is -0.620. The number of thioether (sulfide) groups is 1. The van der Waals surface area contributed by atoms with E-state index in [1.165, 1.54) is 0 Å². The van der Waals surface area contributed by atoms with Crippen LogP contribution in [0.1, 0.15) is 20.8 Å². The molecule has 1 atom stereocenters. The fraction of sp³-hybridized carbons (Fsp3) is 0.700. The van der Waals surface area contributed by atoms with Gasteiger partial charge in [0.2, 0.25) is 0 Å². The van der Waals surface area contributed by atoms with Crippen molar-refractivity contribution in [3.05, 3.63) is 11.3 Å². The van der Waals surface area contributed by atoms with E-state index in [4.69, 9.17) is 5.26 Å². The summed E-state index contributed by atoms with van der Waals surface area (Å²) in [5.74, 6) is 1.29. The fourth-order valence-corrected chi connectivity index (χ4v) is 2.24. The van der Waals surface area contributed by atoms with E-state index in [1.54, 1.807) is 0 Å². The van der Waals surface area contributed by atoms with E-state index in [0.717, 1.165) is 23.6 Å². The van der Waals surface area contributed by atoms with Gasteiger partial charge < -0.3 is 5.32 Å². The van der Waals surface area contributed by atoms with Crippen LogP contribution < -0.4 is 5.32 Å². The van der Waals surface area contributed by atoms with Crippen LogP contribution in [0.15, 0.2) is 11.3 Å². The van der Waals surface area contributed by atoms with Gasteiger partial charge in [-0.1, -0.05) is 20.8 Å². The monoisotopic (exact) mass is 196 g/mol. The lowest BCUT2D eigenvalue weighted by atomic mass is 10.1. The first-order chi connectivity index (χ1) is 6.15. The van der Waals surface area contributed by atoms with Gasteiger partial charge in [-0.3, -0.25) is 0 Å². The van der Waals surface area contributed by atoms with Gasteiger partial charge in [0.15, 0.2) is 0 Å². The molecule has 1 unspecified atom stereocenters. The molecular weight excluding hydrogens is 180 g/mol. The zero-order valence-corrected chi connectivity index (χ0v) is 9.24. The summed E-state index contributed by atoms with van der Waals surface area (Å²) in [6, 6.07) is 2.29. The van der Waals surface area contributed by atoms with Gasteiger partial charge >= 0.3 is 0 Å². The van der Waals surface area contributed by atoms with E-state index in [9.17, 15) is 0 Å². The van der Waals surface area contributed by atoms with Crippen molar-refractivity contribution in [2.45, 2.75) is 26.0 Å². The summed E-state index contributed by atoms with van der Waals surface area (Å²) >= 11 is 1.85. The fourth-order valence-electron chi connectivity index (χ4n) is 1.37. The van der Waals surface area contributed by atoms with Gasteiger partial charge in [0, 0.05) is 23.2 Å². The molecule has 0 saturated heterocycles. The lowest BCUT2D eigenvalue weighted by Gasteiger charge is -2.14. The van der Waals surface area contributed by atoms with Crippen LogP contribution in [0, 0.1) is 17.2 Å². The van der Waals surface area contributed by atoms with E-state index in [0.29, 0.717) is 11.2 Å². The molecule has 0 aromatic carbocycles. The van der Waals surface area contributed by atoms with Crippen LogP contribution in [-0.4, -0.2) is 17.5 Å². The highest BCUT2D eigenvalue weighted by Crippen LogP contribution is 2.22. The first kappa shape index (κ1) is 10.5. The van der Waals surface area contributed by atoms with Crippen LogP contribution in [0.3, 0.4) is 0 Å². The summed E-state index contributed by atoms with van der Waals surface area (Å²) in [5.41, 5.74) is 2.06. The number of hydrogen-bond acceptors (Lipinski definition) is 3. The highest BCUT2D eigenvalue weighted by Gasteiger charge is 2.16. The predicted molar refractivity (Wildman–Crippen MR) is 57.4 cm³/mol. The largest absolute Gasteiger partial charge is 0.386 e. The molecule has 0 bridgehead atoms. The normalized spacial score (nSPS) is 23.8. The zero-order valence-electron chi connectivity index (χ0n) is 8.42. The third-order valence-electron chi connectivity index (χ3n) is 2.13. The van der Waals surface area contributed by atoms with Crippen molar-refractivity contribution in [1.29, 1.82) is 5.26 Å². The molecule has 72 valence electrons. The molecule has 1 N–H and O–H groups in total. The molecule has 1 rings (SSSR count). The number of rotatable bonds is 1. The van der Waals surface area contributed by atoms with Crippen molar-refractivity contribution >= 4 is 11.8 Å². The minimum absolute atomic E-state index is 0.431. The van der Waals surface area contributed by atoms with Gasteiger partial charge in [-0.15, -0.1) is 0 Å². The average Bonchev–Trinajstić information content (AvgIpc) is 2.26. The lowest BCUT2D eigenvalue weighted by Crippen LogP contribution is -2.23. The first-order valence-electron chi connectivity index (χ1n) is 4.63. The van der Waals surface area contributed by atoms with Crippen LogP contribution in [-0.2, 0) is 0 Å². The van der Waals surface area contributed by atoms with Crippen molar-refractivity contribution in [1.82, 2.24) is 5.32 Å². The molecule has 0 fully saturated rings. The Balaban J connectivity index is 2.83. The molecule has 2 nitrogen and oxygen atoms in total. The molecule has 0 spiro atoms. The maximum Gasteiger partial charge on any atom is 0.0974 e. The predicted octanol–water partition coefficient (Wildman–Crippen LogP) is 2.14. The molecule has 0 aromatic heterocycles. The van der Waals surface area contributed by atoms with Crippen LogP contribution in [0.5, 0.6) is 0 Å². The molecular formula is C10H16N2S. The molecule has 0 saturated carbocycles. The Bertz CT molecular complexity index is 250. The number of hydrogen-bond donors (Lipinski definition) is 1. The van der Waals surface area contributed by atoms with Gasteiger partial charge in [-0.25, -0.2) is 0 Å². The minimum atomic E-state index is 0.431. The summed E-state index contributed by atoms with van der Waals surface area (Å²) in [4.78, 5) is 0. The SMILES string of the molecule is CC1CNC(C(C)C)=C(C#N)CS1. The molecule has 1 heterocycles. The van der Waals surface area contributed by atoms with E-state index in [-0.39, 0.29) is 0 Å². The zero-order chi connectivity index (χ0) is 9.84. The summed E-state index contributed by atoms with van der Waals surface area (Å²) in [5, 5.41) is 12.9. The number of allylic oxidation sites excluding steroid dienone is 1. The number of nitriles is 1. The third-order valence-corrected chi connectivity index (χ3v) is 3.32. The maximum absolute atomic E-state index is 8.96. The van der Waals surface area contributed by atoms with E-state index >= 15 is 0 Å². The van der Waals surface area contributed by atoms with Crippen LogP contribution in [0.25, 0.3) is 0 Å². The Labute approximate surface area is 84.4 Å². The number of nitrogens with one attached hydrogen (secondary N) is 1. The Kier molecular flexibility index (Phi) is 3.68. The molecule has 0 aromatic rings. The van der Waals surface area contributed by atoms with Crippen molar-refractivity contribution in [2.75, 3.05) is 12.3 Å². The summed E-state index contributed by atoms with van der Waals surface area (Å²) in [7, 11) is 0. The van der Waals surface area contributed by atoms with Gasteiger partial charge in [0.1, 0.15) is 0 Å². The molecule has 1 aliphatic rings. The van der Waals surface area contributed by atoms with Gasteiger partial charge in [-0.2, -0.15) is 17.0 Å². The highest BCUT2D eigenvalue weighted by molar-refractivity contribution is 8.00. The van der Waals surface area contributed by atoms with Gasteiger partial charge in [-0.05, 0) is 5.92 Å². The minimum Gasteiger partial charge on any atom is -0.386 e. The smallest absolute Gasteiger partial charge is 0.0974 e. The van der Waals surface area contributed by atoms with Crippen molar-refractivity contribution in [2.24, 2.45) is 5.92 Å². The highest BCUT2D eigenvalue weighted by atomic mass is 32.2. The molecule has 1 aliphatic heterocycles. The third kappa shape index (κ3) is 2.67. The van der Waals surface area contributed by atoms with Crippen LogP contribution in [0.2, 0.25) is 0 Å². The Morgan fingerprint density at radius 3 is 2.85 bits per heavy atom. The Morgan fingerprint density at radius 2 is 2.31 bits per heavy atom. The van der Waals surface area contributed by atoms with E-state index in [2.05, 4.69) is 32.2 Å². The van der Waals surface area contributed by atoms with E-state index < -0.39 is 0 Å². The Morgan fingerprint density at radius 1 is 1.62 bits per heavy atom. The second kappa shape index (κ2) is 4.57. The van der Waals surface area contributed by atoms with Gasteiger partial charge in [0.25, 0.3) is 0 Å². The van der Waals surface area contributed by atoms with Crippen LogP contribution in [0.4, 0.5) is 0 Å². The number of nitrogens with zero attached hydrogens (tertiary/aromatic N) is 1. The maximum atomic E-state index is 8.96. The summed E-state index contributed by atoms with van der Waals surface area (Å²) in [6.07, 6.45) is 0. The summed E-state index contributed by atoms with van der Waals surface area (Å²) in [6.45, 7) is 7.42. The lowest BCUT2D eigenvalue weighted by molar-refractivity contribution is 0.647. The second-order valence-electron chi connectivity index (χ2n) is 3.66. The van der Waals surface area contributed by atoms with Crippen LogP contribution >= 0.6 is 11.8 Å². The average molecular weight is 196 g/mol. The second-order valence-corrected chi connectivity index (χ2v) is 5.09. The van der Waals surface area contributed by atoms with Crippen molar-refractivity contribution in [3.8, 4) is 6.07 Å². The van der Waals surface area contributed by atoms with Crippen molar-refractivity contribution in [3.63, 3.8) is 0 Å². The molecule has 0 amide bonds. The molecule has 0 radical (unpaired) electrons. The summed E-state index contributed by atoms with van der Waals surface area (Å²) < 4.78 is 0. The first-order valence-corrected chi connectivity index (χ1v) is 5.68. The quantitative estimate of drug-likeness (QED) is 0.698. The standard InChI is InChI=1S/C10H16N2S/c1-7(2)10-9(4-11)6-13-8(3)5-12-10/h7-8,12H,5-6H2,1-3H3. The topological polar surface area (TPSA) is 35.8 Å².